The third-order valence-electron chi connectivity index (χ3n) is 6.72. The SMILES string of the molecule is c1ccc(-c2cccc(-c3c4c5ccccc5n(-c5ccccc5)c4n4ccccc34)c2)cc1. The molecule has 2 nitrogen and oxygen atoms in total. The number of benzene rings is 4. The van der Waals surface area contributed by atoms with Gasteiger partial charge in [0.15, 0.2) is 0 Å². The molecule has 4 aromatic carbocycles. The Morgan fingerprint density at radius 3 is 1.97 bits per heavy atom. The van der Waals surface area contributed by atoms with E-state index < -0.39 is 0 Å². The van der Waals surface area contributed by atoms with E-state index in [9.17, 15) is 0 Å². The Bertz CT molecular complexity index is 1780. The highest BCUT2D eigenvalue weighted by Crippen LogP contribution is 2.43. The minimum Gasteiger partial charge on any atom is -0.302 e. The predicted octanol–water partition coefficient (Wildman–Crippen LogP) is 8.37. The summed E-state index contributed by atoms with van der Waals surface area (Å²) >= 11 is 0. The van der Waals surface area contributed by atoms with E-state index in [1.54, 1.807) is 0 Å². The molecule has 0 N–H and O–H groups in total. The zero-order valence-electron chi connectivity index (χ0n) is 18.6. The molecule has 0 radical (unpaired) electrons. The van der Waals surface area contributed by atoms with Crippen molar-refractivity contribution in [1.29, 1.82) is 0 Å². The van der Waals surface area contributed by atoms with Gasteiger partial charge >= 0.3 is 0 Å². The Morgan fingerprint density at radius 2 is 1.12 bits per heavy atom. The molecule has 3 heterocycles. The second kappa shape index (κ2) is 7.50. The summed E-state index contributed by atoms with van der Waals surface area (Å²) in [5.74, 6) is 0. The van der Waals surface area contributed by atoms with Crippen molar-refractivity contribution in [2.45, 2.75) is 0 Å². The molecule has 34 heavy (non-hydrogen) atoms. The first kappa shape index (κ1) is 19.0. The third-order valence-corrected chi connectivity index (χ3v) is 6.72. The van der Waals surface area contributed by atoms with Crippen molar-refractivity contribution in [3.8, 4) is 27.9 Å². The van der Waals surface area contributed by atoms with Crippen LogP contribution in [0.5, 0.6) is 0 Å². The van der Waals surface area contributed by atoms with Gasteiger partial charge in [-0.15, -0.1) is 0 Å². The molecule has 0 amide bonds. The second-order valence-electron chi connectivity index (χ2n) is 8.66. The number of nitrogens with zero attached hydrogens (tertiary/aromatic N) is 2. The lowest BCUT2D eigenvalue weighted by Gasteiger charge is -2.09. The Kier molecular flexibility index (Phi) is 4.18. The fraction of sp³-hybridized carbons (Fsp3) is 0. The van der Waals surface area contributed by atoms with Crippen molar-refractivity contribution in [1.82, 2.24) is 8.97 Å². The van der Waals surface area contributed by atoms with Gasteiger partial charge in [-0.3, -0.25) is 4.57 Å². The van der Waals surface area contributed by atoms with E-state index in [4.69, 9.17) is 0 Å². The van der Waals surface area contributed by atoms with Gasteiger partial charge in [-0.05, 0) is 53.1 Å². The quantitative estimate of drug-likeness (QED) is 0.264. The lowest BCUT2D eigenvalue weighted by atomic mass is 9.97. The molecule has 0 fully saturated rings. The Labute approximate surface area is 198 Å². The molecule has 2 heteroatoms. The first-order chi connectivity index (χ1) is 16.9. The largest absolute Gasteiger partial charge is 0.302 e. The smallest absolute Gasteiger partial charge is 0.131 e. The number of pyridine rings is 1. The fourth-order valence-corrected chi connectivity index (χ4v) is 5.28. The van der Waals surface area contributed by atoms with E-state index in [0.29, 0.717) is 0 Å². The summed E-state index contributed by atoms with van der Waals surface area (Å²) in [5.41, 5.74) is 9.77. The van der Waals surface area contributed by atoms with Gasteiger partial charge in [0.1, 0.15) is 5.65 Å². The average Bonchev–Trinajstić information content (AvgIpc) is 3.43. The Balaban J connectivity index is 1.63. The van der Waals surface area contributed by atoms with E-state index in [2.05, 4.69) is 143 Å². The number of hydrogen-bond donors (Lipinski definition) is 0. The van der Waals surface area contributed by atoms with Crippen LogP contribution in [0.3, 0.4) is 0 Å². The van der Waals surface area contributed by atoms with Gasteiger partial charge in [0.05, 0.1) is 11.0 Å². The van der Waals surface area contributed by atoms with Gasteiger partial charge in [-0.2, -0.15) is 0 Å². The summed E-state index contributed by atoms with van der Waals surface area (Å²) in [7, 11) is 0. The molecule has 0 aliphatic rings. The van der Waals surface area contributed by atoms with E-state index in [1.165, 1.54) is 55.4 Å². The highest BCUT2D eigenvalue weighted by atomic mass is 15.1. The highest BCUT2D eigenvalue weighted by molar-refractivity contribution is 6.19. The zero-order chi connectivity index (χ0) is 22.5. The standard InChI is InChI=1S/C32H22N2/c1-3-12-23(13-4-1)24-14-11-15-25(22-24)30-29-20-9-10-21-33(29)32-31(30)27-18-7-8-19-28(27)34(32)26-16-5-2-6-17-26/h1-22H. The van der Waals surface area contributed by atoms with Gasteiger partial charge in [0, 0.05) is 28.2 Å². The van der Waals surface area contributed by atoms with Crippen molar-refractivity contribution in [2.75, 3.05) is 0 Å². The Hall–Kier alpha value is -4.56. The maximum absolute atomic E-state index is 2.39. The maximum Gasteiger partial charge on any atom is 0.131 e. The van der Waals surface area contributed by atoms with E-state index in [0.717, 1.165) is 0 Å². The molecule has 0 saturated carbocycles. The molecular formula is C32H22N2. The van der Waals surface area contributed by atoms with Crippen LogP contribution in [0.15, 0.2) is 134 Å². The van der Waals surface area contributed by atoms with Crippen LogP contribution in [0, 0.1) is 0 Å². The second-order valence-corrected chi connectivity index (χ2v) is 8.66. The van der Waals surface area contributed by atoms with Crippen molar-refractivity contribution in [3.05, 3.63) is 134 Å². The molecule has 0 unspecified atom stereocenters. The predicted molar refractivity (Wildman–Crippen MR) is 143 cm³/mol. The average molecular weight is 435 g/mol. The number of hydrogen-bond acceptors (Lipinski definition) is 0. The first-order valence-electron chi connectivity index (χ1n) is 11.6. The van der Waals surface area contributed by atoms with Crippen LogP contribution in [-0.4, -0.2) is 8.97 Å². The lowest BCUT2D eigenvalue weighted by molar-refractivity contribution is 1.10. The Morgan fingerprint density at radius 1 is 0.471 bits per heavy atom. The fourth-order valence-electron chi connectivity index (χ4n) is 5.28. The zero-order valence-corrected chi connectivity index (χ0v) is 18.6. The summed E-state index contributed by atoms with van der Waals surface area (Å²) in [6.45, 7) is 0. The summed E-state index contributed by atoms with van der Waals surface area (Å²) in [6.07, 6.45) is 2.18. The first-order valence-corrected chi connectivity index (χ1v) is 11.6. The van der Waals surface area contributed by atoms with Crippen LogP contribution in [0.4, 0.5) is 0 Å². The van der Waals surface area contributed by atoms with Crippen LogP contribution in [0.1, 0.15) is 0 Å². The third kappa shape index (κ3) is 2.76. The lowest BCUT2D eigenvalue weighted by Crippen LogP contribution is -1.96. The minimum atomic E-state index is 1.17. The molecule has 0 aliphatic carbocycles. The molecule has 0 aliphatic heterocycles. The van der Waals surface area contributed by atoms with Crippen molar-refractivity contribution in [3.63, 3.8) is 0 Å². The van der Waals surface area contributed by atoms with Gasteiger partial charge in [-0.1, -0.05) is 91.0 Å². The molecular weight excluding hydrogens is 412 g/mol. The molecule has 0 spiro atoms. The van der Waals surface area contributed by atoms with Gasteiger partial charge < -0.3 is 4.40 Å². The van der Waals surface area contributed by atoms with Gasteiger partial charge in [0.2, 0.25) is 0 Å². The number of fused-ring (bicyclic) bond motifs is 5. The number of rotatable bonds is 3. The van der Waals surface area contributed by atoms with Crippen LogP contribution >= 0.6 is 0 Å². The van der Waals surface area contributed by atoms with Crippen LogP contribution in [0.2, 0.25) is 0 Å². The summed E-state index contributed by atoms with van der Waals surface area (Å²) in [4.78, 5) is 0. The monoisotopic (exact) mass is 434 g/mol. The van der Waals surface area contributed by atoms with Crippen LogP contribution < -0.4 is 0 Å². The van der Waals surface area contributed by atoms with E-state index in [-0.39, 0.29) is 0 Å². The summed E-state index contributed by atoms with van der Waals surface area (Å²) in [6, 6.07) is 45.4. The van der Waals surface area contributed by atoms with Gasteiger partial charge in [-0.25, -0.2) is 0 Å². The molecule has 0 bridgehead atoms. The normalized spacial score (nSPS) is 11.5. The summed E-state index contributed by atoms with van der Waals surface area (Å²) in [5, 5.41) is 2.56. The maximum atomic E-state index is 2.39. The van der Waals surface area contributed by atoms with E-state index >= 15 is 0 Å². The summed E-state index contributed by atoms with van der Waals surface area (Å²) < 4.78 is 4.73. The van der Waals surface area contributed by atoms with E-state index in [1.807, 2.05) is 0 Å². The molecule has 0 saturated heterocycles. The topological polar surface area (TPSA) is 9.34 Å². The highest BCUT2D eigenvalue weighted by Gasteiger charge is 2.22. The van der Waals surface area contributed by atoms with Crippen molar-refractivity contribution < 1.29 is 0 Å². The van der Waals surface area contributed by atoms with Crippen LogP contribution in [-0.2, 0) is 0 Å². The van der Waals surface area contributed by atoms with Crippen molar-refractivity contribution >= 4 is 27.5 Å². The molecule has 0 atom stereocenters. The van der Waals surface area contributed by atoms with Crippen molar-refractivity contribution in [2.24, 2.45) is 0 Å². The number of para-hydroxylation sites is 2. The molecule has 7 rings (SSSR count). The number of aromatic nitrogens is 2. The molecule has 7 aromatic rings. The van der Waals surface area contributed by atoms with Crippen LogP contribution in [0.25, 0.3) is 55.4 Å². The molecule has 3 aromatic heterocycles. The minimum absolute atomic E-state index is 1.17. The molecule has 160 valence electrons. The van der Waals surface area contributed by atoms with Gasteiger partial charge in [0.25, 0.3) is 0 Å².